The lowest BCUT2D eigenvalue weighted by Crippen LogP contribution is -2.49. The summed E-state index contributed by atoms with van der Waals surface area (Å²) in [4.78, 5) is 2.86. The molecule has 1 heterocycles. The Bertz CT molecular complexity index is 288. The average Bonchev–Trinajstić information content (AvgIpc) is 2.55. The molecule has 0 aromatic heterocycles. The molecule has 1 fully saturated rings. The Morgan fingerprint density at radius 1 is 0.591 bits per heavy atom. The zero-order valence-electron chi connectivity index (χ0n) is 17.1. The highest BCUT2D eigenvalue weighted by Gasteiger charge is 2.42. The molecule has 1 aliphatic heterocycles. The summed E-state index contributed by atoms with van der Waals surface area (Å²) < 4.78 is 0. The Balaban J connectivity index is 3.27. The molecular weight excluding hydrogens is 266 g/mol. The molecule has 0 bridgehead atoms. The first-order valence-corrected chi connectivity index (χ1v) is 9.83. The van der Waals surface area contributed by atoms with Gasteiger partial charge in [0.1, 0.15) is 0 Å². The van der Waals surface area contributed by atoms with Crippen LogP contribution in [0.25, 0.3) is 0 Å². The fraction of sp³-hybridized carbons (Fsp3) is 1.00. The molecule has 0 amide bonds. The Morgan fingerprint density at radius 2 is 1.05 bits per heavy atom. The van der Waals surface area contributed by atoms with Crippen molar-refractivity contribution in [2.75, 3.05) is 6.54 Å². The van der Waals surface area contributed by atoms with Crippen molar-refractivity contribution in [1.82, 2.24) is 4.90 Å². The first-order chi connectivity index (χ1) is 10.1. The standard InChI is InChI=1S/C21H43N/c1-13(2)18-11-19(14(3)4)21(16(7)8)22(17(9)10)12-20(18)15(5)6/h13-21H,11-12H2,1-10H3. The number of likely N-dealkylation sites (tertiary alicyclic amines) is 1. The predicted octanol–water partition coefficient (Wildman–Crippen LogP) is 5.94. The molecule has 0 aromatic rings. The summed E-state index contributed by atoms with van der Waals surface area (Å²) in [5, 5.41) is 0. The minimum Gasteiger partial charge on any atom is -0.297 e. The van der Waals surface area contributed by atoms with Gasteiger partial charge >= 0.3 is 0 Å². The third-order valence-corrected chi connectivity index (χ3v) is 6.25. The third kappa shape index (κ3) is 4.49. The van der Waals surface area contributed by atoms with Crippen LogP contribution in [-0.2, 0) is 0 Å². The zero-order chi connectivity index (χ0) is 17.2. The van der Waals surface area contributed by atoms with E-state index in [2.05, 4.69) is 74.1 Å². The second kappa shape index (κ2) is 8.18. The van der Waals surface area contributed by atoms with E-state index >= 15 is 0 Å². The summed E-state index contributed by atoms with van der Waals surface area (Å²) in [6.45, 7) is 25.7. The van der Waals surface area contributed by atoms with Crippen LogP contribution in [0.1, 0.15) is 75.7 Å². The largest absolute Gasteiger partial charge is 0.297 e. The first-order valence-electron chi connectivity index (χ1n) is 9.83. The highest BCUT2D eigenvalue weighted by Crippen LogP contribution is 2.43. The Labute approximate surface area is 141 Å². The Kier molecular flexibility index (Phi) is 7.43. The van der Waals surface area contributed by atoms with E-state index in [0.717, 1.165) is 47.5 Å². The Hall–Kier alpha value is -0.0400. The van der Waals surface area contributed by atoms with Crippen molar-refractivity contribution in [2.45, 2.75) is 87.7 Å². The van der Waals surface area contributed by atoms with Gasteiger partial charge in [0.25, 0.3) is 0 Å². The number of rotatable bonds is 5. The number of nitrogens with zero attached hydrogens (tertiary/aromatic N) is 1. The van der Waals surface area contributed by atoms with Gasteiger partial charge in [-0.3, -0.25) is 4.90 Å². The van der Waals surface area contributed by atoms with Crippen LogP contribution in [0.3, 0.4) is 0 Å². The molecule has 1 saturated heterocycles. The van der Waals surface area contributed by atoms with Crippen molar-refractivity contribution >= 4 is 0 Å². The molecule has 0 saturated carbocycles. The van der Waals surface area contributed by atoms with Crippen LogP contribution in [0.2, 0.25) is 0 Å². The van der Waals surface area contributed by atoms with Crippen molar-refractivity contribution in [2.24, 2.45) is 41.4 Å². The predicted molar refractivity (Wildman–Crippen MR) is 100 cm³/mol. The van der Waals surface area contributed by atoms with Gasteiger partial charge in [0.05, 0.1) is 0 Å². The minimum absolute atomic E-state index is 0.654. The monoisotopic (exact) mass is 309 g/mol. The van der Waals surface area contributed by atoms with Gasteiger partial charge in [-0.1, -0.05) is 55.4 Å². The molecule has 0 aromatic carbocycles. The lowest BCUT2D eigenvalue weighted by Gasteiger charge is -2.42. The van der Waals surface area contributed by atoms with E-state index in [9.17, 15) is 0 Å². The molecule has 0 N–H and O–H groups in total. The molecule has 4 unspecified atom stereocenters. The lowest BCUT2D eigenvalue weighted by molar-refractivity contribution is 0.0541. The van der Waals surface area contributed by atoms with Crippen molar-refractivity contribution in [3.05, 3.63) is 0 Å². The van der Waals surface area contributed by atoms with Gasteiger partial charge in [-0.2, -0.15) is 0 Å². The number of hydrogen-bond donors (Lipinski definition) is 0. The van der Waals surface area contributed by atoms with Crippen molar-refractivity contribution in [3.63, 3.8) is 0 Å². The molecule has 1 aliphatic rings. The van der Waals surface area contributed by atoms with Gasteiger partial charge in [-0.15, -0.1) is 0 Å². The van der Waals surface area contributed by atoms with Gasteiger partial charge in [-0.05, 0) is 61.7 Å². The van der Waals surface area contributed by atoms with Gasteiger partial charge < -0.3 is 0 Å². The maximum atomic E-state index is 2.86. The molecule has 22 heavy (non-hydrogen) atoms. The second-order valence-electron chi connectivity index (χ2n) is 9.48. The quantitative estimate of drug-likeness (QED) is 0.607. The van der Waals surface area contributed by atoms with Crippen LogP contribution >= 0.6 is 0 Å². The van der Waals surface area contributed by atoms with E-state index in [4.69, 9.17) is 0 Å². The molecular formula is C21H43N. The molecule has 0 spiro atoms. The Morgan fingerprint density at radius 3 is 1.36 bits per heavy atom. The summed E-state index contributed by atoms with van der Waals surface area (Å²) in [6, 6.07) is 1.39. The fourth-order valence-electron chi connectivity index (χ4n) is 4.95. The van der Waals surface area contributed by atoms with E-state index in [1.807, 2.05) is 0 Å². The third-order valence-electron chi connectivity index (χ3n) is 6.25. The van der Waals surface area contributed by atoms with Crippen LogP contribution in [-0.4, -0.2) is 23.5 Å². The van der Waals surface area contributed by atoms with Crippen molar-refractivity contribution < 1.29 is 0 Å². The molecule has 0 radical (unpaired) electrons. The summed E-state index contributed by atoms with van der Waals surface area (Å²) in [7, 11) is 0. The molecule has 132 valence electrons. The summed E-state index contributed by atoms with van der Waals surface area (Å²) >= 11 is 0. The maximum Gasteiger partial charge on any atom is 0.0152 e. The normalized spacial score (nSPS) is 31.8. The minimum atomic E-state index is 0.654. The van der Waals surface area contributed by atoms with Crippen LogP contribution in [0.4, 0.5) is 0 Å². The van der Waals surface area contributed by atoms with Gasteiger partial charge in [0.15, 0.2) is 0 Å². The molecule has 1 rings (SSSR count). The lowest BCUT2D eigenvalue weighted by atomic mass is 9.70. The smallest absolute Gasteiger partial charge is 0.0152 e. The summed E-state index contributed by atoms with van der Waals surface area (Å²) in [5.41, 5.74) is 0. The summed E-state index contributed by atoms with van der Waals surface area (Å²) in [5.74, 6) is 5.65. The highest BCUT2D eigenvalue weighted by atomic mass is 15.2. The van der Waals surface area contributed by atoms with Gasteiger partial charge in [0, 0.05) is 18.6 Å². The second-order valence-corrected chi connectivity index (χ2v) is 9.48. The fourth-order valence-corrected chi connectivity index (χ4v) is 4.95. The SMILES string of the molecule is CC(C)C1CC(C(C)C)C(C(C)C)N(C(C)C)CC1C(C)C. The van der Waals surface area contributed by atoms with Crippen LogP contribution < -0.4 is 0 Å². The molecule has 0 aliphatic carbocycles. The van der Waals surface area contributed by atoms with Crippen LogP contribution in [0.15, 0.2) is 0 Å². The summed E-state index contributed by atoms with van der Waals surface area (Å²) in [6.07, 6.45) is 1.42. The van der Waals surface area contributed by atoms with Crippen molar-refractivity contribution in [3.8, 4) is 0 Å². The van der Waals surface area contributed by atoms with E-state index in [-0.39, 0.29) is 0 Å². The first kappa shape index (κ1) is 20.0. The zero-order valence-corrected chi connectivity index (χ0v) is 17.1. The van der Waals surface area contributed by atoms with Gasteiger partial charge in [0.2, 0.25) is 0 Å². The molecule has 1 nitrogen and oxygen atoms in total. The molecule has 1 heteroatoms. The van der Waals surface area contributed by atoms with Crippen LogP contribution in [0, 0.1) is 41.4 Å². The topological polar surface area (TPSA) is 3.24 Å². The average molecular weight is 310 g/mol. The maximum absolute atomic E-state index is 2.86. The number of hydrogen-bond acceptors (Lipinski definition) is 1. The highest BCUT2D eigenvalue weighted by molar-refractivity contribution is 4.94. The van der Waals surface area contributed by atoms with E-state index in [0.29, 0.717) is 6.04 Å². The van der Waals surface area contributed by atoms with E-state index in [1.54, 1.807) is 0 Å². The van der Waals surface area contributed by atoms with E-state index in [1.165, 1.54) is 13.0 Å². The van der Waals surface area contributed by atoms with Gasteiger partial charge in [-0.25, -0.2) is 0 Å². The van der Waals surface area contributed by atoms with Crippen molar-refractivity contribution in [1.29, 1.82) is 0 Å². The van der Waals surface area contributed by atoms with Crippen LogP contribution in [0.5, 0.6) is 0 Å². The molecule has 4 atom stereocenters. The van der Waals surface area contributed by atoms with E-state index < -0.39 is 0 Å².